The largest absolute Gasteiger partial charge is 0.493 e. The number of carbonyl (C=O) groups is 1. The van der Waals surface area contributed by atoms with Crippen LogP contribution in [0.2, 0.25) is 5.02 Å². The second-order valence-electron chi connectivity index (χ2n) is 7.01. The normalized spacial score (nSPS) is 14.7. The molecule has 3 aromatic rings. The van der Waals surface area contributed by atoms with Gasteiger partial charge in [-0.15, -0.1) is 0 Å². The molecule has 7 nitrogen and oxygen atoms in total. The molecule has 4 rings (SSSR count). The Hall–Kier alpha value is -3.23. The Kier molecular flexibility index (Phi) is 7.36. The van der Waals surface area contributed by atoms with E-state index in [1.54, 1.807) is 31.4 Å². The van der Waals surface area contributed by atoms with E-state index in [0.717, 1.165) is 5.56 Å². The number of hydrogen-bond donors (Lipinski definition) is 1. The van der Waals surface area contributed by atoms with Crippen LogP contribution in [0.25, 0.3) is 0 Å². The lowest BCUT2D eigenvalue weighted by atomic mass is 10.2. The van der Waals surface area contributed by atoms with E-state index in [-0.39, 0.29) is 13.2 Å². The number of nitrogens with zero attached hydrogens (tertiary/aromatic N) is 1. The number of benzene rings is 3. The summed E-state index contributed by atoms with van der Waals surface area (Å²) < 4.78 is 23.3. The Morgan fingerprint density at radius 1 is 1.21 bits per heavy atom. The maximum absolute atomic E-state index is 12.4. The van der Waals surface area contributed by atoms with Gasteiger partial charge in [0.2, 0.25) is 6.10 Å². The van der Waals surface area contributed by atoms with Gasteiger partial charge < -0.3 is 18.9 Å². The molecule has 0 aliphatic carbocycles. The predicted octanol–water partition coefficient (Wildman–Crippen LogP) is 4.98. The molecule has 0 radical (unpaired) electrons. The SMILES string of the molecule is COc1cc(/C=N/NC(=O)C2COc3ccccc3O2)cc(Br)c1OCc1ccccc1Cl. The van der Waals surface area contributed by atoms with E-state index in [1.807, 2.05) is 36.4 Å². The van der Waals surface area contributed by atoms with Gasteiger partial charge in [-0.3, -0.25) is 4.79 Å². The molecule has 9 heteroatoms. The number of amides is 1. The fraction of sp³-hybridized carbons (Fsp3) is 0.167. The van der Waals surface area contributed by atoms with E-state index in [1.165, 1.54) is 6.21 Å². The van der Waals surface area contributed by atoms with Gasteiger partial charge in [-0.2, -0.15) is 5.10 Å². The number of carbonyl (C=O) groups excluding carboxylic acids is 1. The fourth-order valence-electron chi connectivity index (χ4n) is 3.11. The average molecular weight is 532 g/mol. The van der Waals surface area contributed by atoms with Crippen molar-refractivity contribution in [3.63, 3.8) is 0 Å². The maximum Gasteiger partial charge on any atom is 0.284 e. The van der Waals surface area contributed by atoms with Crippen molar-refractivity contribution in [2.45, 2.75) is 12.7 Å². The van der Waals surface area contributed by atoms with Crippen LogP contribution in [0.5, 0.6) is 23.0 Å². The van der Waals surface area contributed by atoms with Crippen molar-refractivity contribution in [3.05, 3.63) is 81.3 Å². The van der Waals surface area contributed by atoms with Crippen LogP contribution < -0.4 is 24.4 Å². The summed E-state index contributed by atoms with van der Waals surface area (Å²) >= 11 is 9.71. The highest BCUT2D eigenvalue weighted by Gasteiger charge is 2.27. The lowest BCUT2D eigenvalue weighted by Gasteiger charge is -2.24. The van der Waals surface area contributed by atoms with Crippen LogP contribution in [0.1, 0.15) is 11.1 Å². The van der Waals surface area contributed by atoms with Crippen molar-refractivity contribution in [2.75, 3.05) is 13.7 Å². The summed E-state index contributed by atoms with van der Waals surface area (Å²) in [5.41, 5.74) is 4.03. The van der Waals surface area contributed by atoms with Gasteiger partial charge in [0.15, 0.2) is 23.0 Å². The Labute approximate surface area is 204 Å². The van der Waals surface area contributed by atoms with E-state index in [4.69, 9.17) is 30.5 Å². The molecular formula is C24H20BrClN2O5. The zero-order valence-electron chi connectivity index (χ0n) is 17.6. The van der Waals surface area contributed by atoms with Gasteiger partial charge >= 0.3 is 0 Å². The fourth-order valence-corrected chi connectivity index (χ4v) is 3.88. The summed E-state index contributed by atoms with van der Waals surface area (Å²) in [5, 5.41) is 4.66. The third-order valence-corrected chi connectivity index (χ3v) is 5.73. The van der Waals surface area contributed by atoms with E-state index in [2.05, 4.69) is 26.5 Å². The van der Waals surface area contributed by atoms with Gasteiger partial charge in [-0.25, -0.2) is 5.43 Å². The van der Waals surface area contributed by atoms with Crippen molar-refractivity contribution in [1.82, 2.24) is 5.43 Å². The van der Waals surface area contributed by atoms with E-state index < -0.39 is 12.0 Å². The first-order valence-corrected chi connectivity index (χ1v) is 11.2. The zero-order chi connectivity index (χ0) is 23.2. The van der Waals surface area contributed by atoms with E-state index >= 15 is 0 Å². The van der Waals surface area contributed by atoms with Crippen LogP contribution in [0.4, 0.5) is 0 Å². The van der Waals surface area contributed by atoms with Gasteiger partial charge in [-0.1, -0.05) is 41.9 Å². The molecule has 1 amide bonds. The molecular weight excluding hydrogens is 512 g/mol. The van der Waals surface area contributed by atoms with Gasteiger partial charge in [0.25, 0.3) is 5.91 Å². The van der Waals surface area contributed by atoms with Crippen molar-refractivity contribution in [1.29, 1.82) is 0 Å². The van der Waals surface area contributed by atoms with Crippen molar-refractivity contribution >= 4 is 39.7 Å². The molecule has 0 bridgehead atoms. The molecule has 0 saturated carbocycles. The summed E-state index contributed by atoms with van der Waals surface area (Å²) in [5.74, 6) is 1.76. The first-order valence-electron chi connectivity index (χ1n) is 10.0. The molecule has 0 spiro atoms. The second-order valence-corrected chi connectivity index (χ2v) is 8.27. The number of rotatable bonds is 7. The molecule has 1 heterocycles. The lowest BCUT2D eigenvalue weighted by molar-refractivity contribution is -0.130. The second kappa shape index (κ2) is 10.6. The first kappa shape index (κ1) is 22.9. The highest BCUT2D eigenvalue weighted by Crippen LogP contribution is 2.37. The highest BCUT2D eigenvalue weighted by atomic mass is 79.9. The van der Waals surface area contributed by atoms with Crippen molar-refractivity contribution in [3.8, 4) is 23.0 Å². The van der Waals surface area contributed by atoms with Crippen LogP contribution in [0.15, 0.2) is 70.2 Å². The number of hydrogen-bond acceptors (Lipinski definition) is 6. The quantitative estimate of drug-likeness (QED) is 0.344. The summed E-state index contributed by atoms with van der Waals surface area (Å²) in [4.78, 5) is 12.4. The molecule has 33 heavy (non-hydrogen) atoms. The van der Waals surface area contributed by atoms with Gasteiger partial charge in [-0.05, 0) is 51.8 Å². The third-order valence-electron chi connectivity index (χ3n) is 4.77. The smallest absolute Gasteiger partial charge is 0.284 e. The van der Waals surface area contributed by atoms with Crippen LogP contribution in [0.3, 0.4) is 0 Å². The standard InChI is InChI=1S/C24H20BrClN2O5/c1-30-21-11-15(10-17(25)23(21)32-13-16-6-2-3-7-18(16)26)12-27-28-24(29)22-14-31-19-8-4-5-9-20(19)33-22/h2-12,22H,13-14H2,1H3,(H,28,29)/b27-12+. The van der Waals surface area contributed by atoms with Crippen molar-refractivity contribution < 1.29 is 23.7 Å². The van der Waals surface area contributed by atoms with Crippen LogP contribution >= 0.6 is 27.5 Å². The zero-order valence-corrected chi connectivity index (χ0v) is 19.9. The third kappa shape index (κ3) is 5.58. The van der Waals surface area contributed by atoms with Gasteiger partial charge in [0, 0.05) is 10.6 Å². The average Bonchev–Trinajstić information content (AvgIpc) is 2.83. The Morgan fingerprint density at radius 3 is 2.76 bits per heavy atom. The van der Waals surface area contributed by atoms with Crippen molar-refractivity contribution in [2.24, 2.45) is 5.10 Å². The van der Waals surface area contributed by atoms with Gasteiger partial charge in [0.05, 0.1) is 17.8 Å². The molecule has 0 aromatic heterocycles. The summed E-state index contributed by atoms with van der Waals surface area (Å²) in [6, 6.07) is 18.2. The Balaban J connectivity index is 1.39. The topological polar surface area (TPSA) is 78.4 Å². The number of nitrogens with one attached hydrogen (secondary N) is 1. The minimum Gasteiger partial charge on any atom is -0.493 e. The monoisotopic (exact) mass is 530 g/mol. The number of methoxy groups -OCH3 is 1. The molecule has 0 fully saturated rings. The molecule has 1 unspecified atom stereocenters. The van der Waals surface area contributed by atoms with Crippen LogP contribution in [-0.4, -0.2) is 31.9 Å². The lowest BCUT2D eigenvalue weighted by Crippen LogP contribution is -2.42. The molecule has 1 aliphatic heterocycles. The van der Waals surface area contributed by atoms with Gasteiger partial charge in [0.1, 0.15) is 13.2 Å². The maximum atomic E-state index is 12.4. The molecule has 1 N–H and O–H groups in total. The van der Waals surface area contributed by atoms with E-state index in [0.29, 0.717) is 38.1 Å². The highest BCUT2D eigenvalue weighted by molar-refractivity contribution is 9.10. The number of para-hydroxylation sites is 2. The van der Waals surface area contributed by atoms with Crippen LogP contribution in [0, 0.1) is 0 Å². The molecule has 3 aromatic carbocycles. The number of fused-ring (bicyclic) bond motifs is 1. The molecule has 0 saturated heterocycles. The molecule has 1 aliphatic rings. The number of halogens is 2. The van der Waals surface area contributed by atoms with Crippen LogP contribution in [-0.2, 0) is 11.4 Å². The summed E-state index contributed by atoms with van der Waals surface area (Å²) in [6.07, 6.45) is 0.708. The minimum atomic E-state index is -0.793. The summed E-state index contributed by atoms with van der Waals surface area (Å²) in [7, 11) is 1.55. The number of hydrazone groups is 1. The minimum absolute atomic E-state index is 0.106. The summed E-state index contributed by atoms with van der Waals surface area (Å²) in [6.45, 7) is 0.389. The number of ether oxygens (including phenoxy) is 4. The Morgan fingerprint density at radius 2 is 1.97 bits per heavy atom. The first-order chi connectivity index (χ1) is 16.0. The molecule has 170 valence electrons. The molecule has 1 atom stereocenters. The van der Waals surface area contributed by atoms with E-state index in [9.17, 15) is 4.79 Å². The Bertz CT molecular complexity index is 1190. The predicted molar refractivity (Wildman–Crippen MR) is 129 cm³/mol.